The normalized spacial score (nSPS) is 19.5. The monoisotopic (exact) mass is 688 g/mol. The van der Waals surface area contributed by atoms with Crippen LogP contribution >= 0.6 is 0 Å². The molecule has 12 heteroatoms. The minimum Gasteiger partial charge on any atom is -1.00 e. The SMILES string of the molecule is CCc1nn(-c2ccc(C(N)=O)c(CC3CCC(OCCOC(=O)CC(C[N+](C)(C)C)OC(C)=O)CC3)c2)c2c1C(=O)CC(C)(C)C2.[Cl-]. The highest BCUT2D eigenvalue weighted by Crippen LogP contribution is 2.38. The molecule has 2 aromatic rings. The molecule has 266 valence electrons. The molecule has 0 bridgehead atoms. The molecule has 2 aliphatic rings. The minimum atomic E-state index is -0.540. The summed E-state index contributed by atoms with van der Waals surface area (Å²) in [6, 6.07) is 5.68. The number of quaternary nitrogens is 1. The Kier molecular flexibility index (Phi) is 13.4. The van der Waals surface area contributed by atoms with Gasteiger partial charge in [0.2, 0.25) is 5.91 Å². The van der Waals surface area contributed by atoms with Crippen molar-refractivity contribution < 1.29 is 50.3 Å². The average Bonchev–Trinajstić information content (AvgIpc) is 3.32. The van der Waals surface area contributed by atoms with Gasteiger partial charge in [-0.25, -0.2) is 4.68 Å². The van der Waals surface area contributed by atoms with Crippen LogP contribution in [-0.2, 0) is 43.1 Å². The first-order valence-corrected chi connectivity index (χ1v) is 16.9. The molecule has 1 amide bonds. The zero-order valence-electron chi connectivity index (χ0n) is 29.6. The van der Waals surface area contributed by atoms with Crippen LogP contribution in [0.1, 0.15) is 104 Å². The molecular formula is C36H53ClN4O7. The number of carbonyl (C=O) groups is 4. The molecule has 2 aliphatic carbocycles. The van der Waals surface area contributed by atoms with Gasteiger partial charge in [0.25, 0.3) is 0 Å². The standard InChI is InChI=1S/C36H52N4O7.ClH/c1-8-30-34-31(20-36(3,4)21-32(34)42)39(38-30)26-11-14-29(35(37)44)25(18-26)17-24-9-12-27(13-10-24)45-15-16-46-33(43)19-28(47-23(2)41)22-40(5,6)7;/h11,14,18,24,27-28H,8-10,12-13,15-17,19-22H2,1-7H3,(H-,37,44);1H. The van der Waals surface area contributed by atoms with Crippen molar-refractivity contribution in [1.82, 2.24) is 9.78 Å². The van der Waals surface area contributed by atoms with Crippen LogP contribution in [0, 0.1) is 11.3 Å². The zero-order valence-corrected chi connectivity index (χ0v) is 30.4. The van der Waals surface area contributed by atoms with Gasteiger partial charge in [0.15, 0.2) is 11.9 Å². The van der Waals surface area contributed by atoms with Crippen molar-refractivity contribution in [2.24, 2.45) is 17.1 Å². The third-order valence-electron chi connectivity index (χ3n) is 9.03. The molecule has 0 saturated heterocycles. The van der Waals surface area contributed by atoms with Crippen molar-refractivity contribution >= 4 is 23.6 Å². The van der Waals surface area contributed by atoms with Crippen LogP contribution in [0.15, 0.2) is 18.2 Å². The molecule has 1 aromatic carbocycles. The van der Waals surface area contributed by atoms with Gasteiger partial charge in [0.1, 0.15) is 13.2 Å². The molecule has 2 N–H and O–H groups in total. The number of fused-ring (bicyclic) bond motifs is 1. The Balaban J connectivity index is 0.00000625. The van der Waals surface area contributed by atoms with E-state index in [2.05, 4.69) is 13.8 Å². The first-order valence-electron chi connectivity index (χ1n) is 16.9. The summed E-state index contributed by atoms with van der Waals surface area (Å²) in [4.78, 5) is 49.3. The van der Waals surface area contributed by atoms with E-state index in [0.717, 1.165) is 60.3 Å². The number of ether oxygens (including phenoxy) is 3. The number of hydrogen-bond donors (Lipinski definition) is 1. The van der Waals surface area contributed by atoms with E-state index < -0.39 is 23.9 Å². The van der Waals surface area contributed by atoms with E-state index in [-0.39, 0.29) is 42.7 Å². The van der Waals surface area contributed by atoms with Crippen LogP contribution in [0.2, 0.25) is 0 Å². The number of nitrogens with two attached hydrogens (primary N) is 1. The summed E-state index contributed by atoms with van der Waals surface area (Å²) in [5, 5.41) is 4.87. The van der Waals surface area contributed by atoms with Gasteiger partial charge in [-0.2, -0.15) is 5.10 Å². The zero-order chi connectivity index (χ0) is 34.5. The minimum absolute atomic E-state index is 0. The van der Waals surface area contributed by atoms with Crippen molar-refractivity contribution in [3.63, 3.8) is 0 Å². The summed E-state index contributed by atoms with van der Waals surface area (Å²) >= 11 is 0. The smallest absolute Gasteiger partial charge is 0.309 e. The number of hydrogen-bond acceptors (Lipinski definition) is 8. The Morgan fingerprint density at radius 3 is 2.38 bits per heavy atom. The van der Waals surface area contributed by atoms with Gasteiger partial charge in [-0.15, -0.1) is 0 Å². The summed E-state index contributed by atoms with van der Waals surface area (Å²) in [7, 11) is 5.91. The van der Waals surface area contributed by atoms with Crippen molar-refractivity contribution in [3.05, 3.63) is 46.3 Å². The summed E-state index contributed by atoms with van der Waals surface area (Å²) in [5.74, 6) is -0.783. The van der Waals surface area contributed by atoms with Gasteiger partial charge in [-0.05, 0) is 80.0 Å². The Morgan fingerprint density at radius 2 is 1.77 bits per heavy atom. The number of nitrogens with zero attached hydrogens (tertiary/aromatic N) is 3. The molecule has 0 aliphatic heterocycles. The van der Waals surface area contributed by atoms with Gasteiger partial charge >= 0.3 is 11.9 Å². The molecule has 11 nitrogen and oxygen atoms in total. The number of aryl methyl sites for hydroxylation is 1. The highest BCUT2D eigenvalue weighted by molar-refractivity contribution is 6.00. The molecule has 1 atom stereocenters. The average molecular weight is 689 g/mol. The number of carbonyl (C=O) groups excluding carboxylic acids is 4. The lowest BCUT2D eigenvalue weighted by Crippen LogP contribution is -3.00. The van der Waals surface area contributed by atoms with Crippen molar-refractivity contribution in [2.75, 3.05) is 40.9 Å². The number of ketones is 1. The number of amides is 1. The van der Waals surface area contributed by atoms with Crippen molar-refractivity contribution in [1.29, 1.82) is 0 Å². The van der Waals surface area contributed by atoms with E-state index in [1.165, 1.54) is 6.92 Å². The second-order valence-corrected chi connectivity index (χ2v) is 15.0. The third kappa shape index (κ3) is 10.6. The van der Waals surface area contributed by atoms with E-state index in [1.54, 1.807) is 6.07 Å². The van der Waals surface area contributed by atoms with Crippen LogP contribution in [0.4, 0.5) is 0 Å². The number of esters is 2. The maximum Gasteiger partial charge on any atom is 0.309 e. The van der Waals surface area contributed by atoms with Crippen LogP contribution in [0.3, 0.4) is 0 Å². The van der Waals surface area contributed by atoms with Gasteiger partial charge in [-0.1, -0.05) is 20.8 Å². The predicted octanol–water partition coefficient (Wildman–Crippen LogP) is 1.38. The quantitative estimate of drug-likeness (QED) is 0.179. The number of halogens is 1. The number of Topliss-reactive ketones (excluding diaryl/α,β-unsaturated/α-hetero) is 1. The lowest BCUT2D eigenvalue weighted by molar-refractivity contribution is -0.873. The fourth-order valence-corrected chi connectivity index (χ4v) is 7.03. The van der Waals surface area contributed by atoms with Crippen LogP contribution < -0.4 is 18.1 Å². The molecule has 1 heterocycles. The molecule has 0 spiro atoms. The van der Waals surface area contributed by atoms with Crippen molar-refractivity contribution in [2.45, 2.75) is 97.7 Å². The number of rotatable bonds is 14. The second kappa shape index (κ2) is 16.4. The van der Waals surface area contributed by atoms with Crippen LogP contribution in [-0.4, -0.2) is 91.0 Å². The molecular weight excluding hydrogens is 636 g/mol. The maximum atomic E-state index is 13.1. The Hall–Kier alpha value is -3.28. The topological polar surface area (TPSA) is 140 Å². The van der Waals surface area contributed by atoms with Gasteiger partial charge < -0.3 is 36.8 Å². The highest BCUT2D eigenvalue weighted by Gasteiger charge is 2.36. The second-order valence-electron chi connectivity index (χ2n) is 15.0. The Labute approximate surface area is 290 Å². The largest absolute Gasteiger partial charge is 1.00 e. The van der Waals surface area contributed by atoms with Crippen molar-refractivity contribution in [3.8, 4) is 5.69 Å². The van der Waals surface area contributed by atoms with E-state index in [1.807, 2.05) is 44.9 Å². The first kappa shape index (κ1) is 39.2. The van der Waals surface area contributed by atoms with Crippen LogP contribution in [0.25, 0.3) is 5.69 Å². The van der Waals surface area contributed by atoms with Gasteiger partial charge in [0, 0.05) is 18.9 Å². The summed E-state index contributed by atoms with van der Waals surface area (Å²) in [5.41, 5.74) is 10.4. The molecule has 1 unspecified atom stereocenters. The maximum absolute atomic E-state index is 13.1. The van der Waals surface area contributed by atoms with Gasteiger partial charge in [-0.3, -0.25) is 19.2 Å². The van der Waals surface area contributed by atoms with E-state index in [0.29, 0.717) is 48.4 Å². The molecule has 1 saturated carbocycles. The number of benzene rings is 1. The summed E-state index contributed by atoms with van der Waals surface area (Å²) < 4.78 is 19.2. The Bertz CT molecular complexity index is 1470. The van der Waals surface area contributed by atoms with E-state index in [4.69, 9.17) is 25.0 Å². The highest BCUT2D eigenvalue weighted by atomic mass is 35.5. The molecule has 1 fully saturated rings. The first-order chi connectivity index (χ1) is 22.0. The van der Waals surface area contributed by atoms with Gasteiger partial charge in [0.05, 0.1) is 62.9 Å². The lowest BCUT2D eigenvalue weighted by atomic mass is 9.75. The van der Waals surface area contributed by atoms with Crippen LogP contribution in [0.5, 0.6) is 0 Å². The molecule has 4 rings (SSSR count). The molecule has 48 heavy (non-hydrogen) atoms. The number of aromatic nitrogens is 2. The summed E-state index contributed by atoms with van der Waals surface area (Å²) in [6.45, 7) is 8.53. The Morgan fingerprint density at radius 1 is 1.08 bits per heavy atom. The fraction of sp³-hybridized carbons (Fsp3) is 0.639. The molecule has 0 radical (unpaired) electrons. The van der Waals surface area contributed by atoms with E-state index in [9.17, 15) is 19.2 Å². The molecule has 1 aromatic heterocycles. The van der Waals surface area contributed by atoms with E-state index >= 15 is 0 Å². The predicted molar refractivity (Wildman–Crippen MR) is 177 cm³/mol. The lowest BCUT2D eigenvalue weighted by Gasteiger charge is -2.30. The third-order valence-corrected chi connectivity index (χ3v) is 9.03. The number of likely N-dealkylation sites (N-methyl/N-ethyl adjacent to an activating group) is 1. The summed E-state index contributed by atoms with van der Waals surface area (Å²) in [6.07, 6.45) is 5.79. The number of primary amides is 1. The fourth-order valence-electron chi connectivity index (χ4n) is 7.03.